The molecule has 1 aromatic heterocycles. The average molecular weight is 312 g/mol. The van der Waals surface area contributed by atoms with E-state index in [9.17, 15) is 13.2 Å². The van der Waals surface area contributed by atoms with Crippen LogP contribution in [0.1, 0.15) is 6.42 Å². The van der Waals surface area contributed by atoms with Crippen LogP contribution in [-0.2, 0) is 19.7 Å². The van der Waals surface area contributed by atoms with Gasteiger partial charge in [0.15, 0.2) is 0 Å². The van der Waals surface area contributed by atoms with Crippen molar-refractivity contribution >= 4 is 32.8 Å². The highest BCUT2D eigenvalue weighted by molar-refractivity contribution is 7.90. The number of benzene rings is 1. The number of aromatic amines is 1. The molecule has 0 unspecified atom stereocenters. The maximum absolute atomic E-state index is 12.1. The Bertz CT molecular complexity index is 741. The van der Waals surface area contributed by atoms with Gasteiger partial charge in [-0.1, -0.05) is 0 Å². The molecule has 0 radical (unpaired) electrons. The van der Waals surface area contributed by atoms with Gasteiger partial charge in [-0.15, -0.1) is 0 Å². The Hall–Kier alpha value is -2.13. The maximum Gasteiger partial charge on any atom is 0.306 e. The maximum atomic E-state index is 12.1. The standard InChI is InChI=1S/C12H16N4O4S/c1-16(6-5-12(17)20-2)21(18,19)15-10-3-4-11-9(7-10)8-13-14-11/h3-4,7-8,15H,5-6H2,1-2H3,(H,13,14). The van der Waals surface area contributed by atoms with Crippen LogP contribution < -0.4 is 4.72 Å². The molecule has 0 aliphatic carbocycles. The summed E-state index contributed by atoms with van der Waals surface area (Å²) in [6.45, 7) is 0.0377. The van der Waals surface area contributed by atoms with E-state index in [0.29, 0.717) is 5.69 Å². The number of carbonyl (C=O) groups excluding carboxylic acids is 1. The van der Waals surface area contributed by atoms with Crippen LogP contribution in [-0.4, -0.2) is 49.6 Å². The zero-order valence-corrected chi connectivity index (χ0v) is 12.5. The molecule has 2 rings (SSSR count). The number of anilines is 1. The molecule has 9 heteroatoms. The second-order valence-electron chi connectivity index (χ2n) is 4.43. The Morgan fingerprint density at radius 3 is 2.95 bits per heavy atom. The summed E-state index contributed by atoms with van der Waals surface area (Å²) >= 11 is 0. The fourth-order valence-electron chi connectivity index (χ4n) is 1.70. The number of methoxy groups -OCH3 is 1. The molecule has 0 bridgehead atoms. The fraction of sp³-hybridized carbons (Fsp3) is 0.333. The number of rotatable bonds is 6. The van der Waals surface area contributed by atoms with Crippen LogP contribution in [0.4, 0.5) is 5.69 Å². The van der Waals surface area contributed by atoms with E-state index in [2.05, 4.69) is 19.7 Å². The van der Waals surface area contributed by atoms with Gasteiger partial charge in [-0.2, -0.15) is 17.8 Å². The van der Waals surface area contributed by atoms with Crippen LogP contribution in [0.3, 0.4) is 0 Å². The summed E-state index contributed by atoms with van der Waals surface area (Å²) in [6, 6.07) is 5.03. The molecule has 0 saturated heterocycles. The predicted octanol–water partition coefficient (Wildman–Crippen LogP) is 0.714. The summed E-state index contributed by atoms with van der Waals surface area (Å²) in [7, 11) is -1.07. The van der Waals surface area contributed by atoms with Crippen LogP contribution in [0, 0.1) is 0 Å². The van der Waals surface area contributed by atoms with Gasteiger partial charge >= 0.3 is 16.2 Å². The van der Waals surface area contributed by atoms with E-state index in [1.165, 1.54) is 14.2 Å². The number of aromatic nitrogens is 2. The summed E-state index contributed by atoms with van der Waals surface area (Å²) in [5.41, 5.74) is 1.24. The lowest BCUT2D eigenvalue weighted by Crippen LogP contribution is -2.34. The number of H-pyrrole nitrogens is 1. The van der Waals surface area contributed by atoms with Crippen LogP contribution in [0.2, 0.25) is 0 Å². The highest BCUT2D eigenvalue weighted by Gasteiger charge is 2.18. The lowest BCUT2D eigenvalue weighted by atomic mass is 10.2. The van der Waals surface area contributed by atoms with Gasteiger partial charge < -0.3 is 4.74 Å². The first kappa shape index (κ1) is 15.3. The van der Waals surface area contributed by atoms with Gasteiger partial charge in [0.05, 0.1) is 30.9 Å². The first-order chi connectivity index (χ1) is 9.92. The van der Waals surface area contributed by atoms with Crippen LogP contribution in [0.15, 0.2) is 24.4 Å². The summed E-state index contributed by atoms with van der Waals surface area (Å²) < 4.78 is 32.2. The molecule has 0 amide bonds. The topological polar surface area (TPSA) is 104 Å². The SMILES string of the molecule is COC(=O)CCN(C)S(=O)(=O)Nc1ccc2[nH]ncc2c1. The number of carbonyl (C=O) groups is 1. The van der Waals surface area contributed by atoms with Crippen molar-refractivity contribution in [3.05, 3.63) is 24.4 Å². The van der Waals surface area contributed by atoms with Crippen LogP contribution in [0.25, 0.3) is 10.9 Å². The average Bonchev–Trinajstić information content (AvgIpc) is 2.91. The van der Waals surface area contributed by atoms with Crippen molar-refractivity contribution in [2.24, 2.45) is 0 Å². The second-order valence-corrected chi connectivity index (χ2v) is 6.20. The molecule has 0 spiro atoms. The highest BCUT2D eigenvalue weighted by Crippen LogP contribution is 2.18. The summed E-state index contributed by atoms with van der Waals surface area (Å²) in [5, 5.41) is 7.45. The lowest BCUT2D eigenvalue weighted by Gasteiger charge is -2.17. The molecule has 2 aromatic rings. The quantitative estimate of drug-likeness (QED) is 0.765. The van der Waals surface area contributed by atoms with E-state index in [1.54, 1.807) is 24.4 Å². The number of nitrogens with one attached hydrogen (secondary N) is 2. The Morgan fingerprint density at radius 2 is 2.24 bits per heavy atom. The summed E-state index contributed by atoms with van der Waals surface area (Å²) in [5.74, 6) is -0.461. The van der Waals surface area contributed by atoms with Crippen molar-refractivity contribution in [1.29, 1.82) is 0 Å². The number of ether oxygens (including phenoxy) is 1. The third-order valence-corrected chi connectivity index (χ3v) is 4.45. The van der Waals surface area contributed by atoms with Gasteiger partial charge in [0.25, 0.3) is 0 Å². The minimum Gasteiger partial charge on any atom is -0.469 e. The van der Waals surface area contributed by atoms with Crippen molar-refractivity contribution < 1.29 is 17.9 Å². The monoisotopic (exact) mass is 312 g/mol. The Balaban J connectivity index is 2.07. The van der Waals surface area contributed by atoms with Gasteiger partial charge in [-0.25, -0.2) is 0 Å². The number of fused-ring (bicyclic) bond motifs is 1. The van der Waals surface area contributed by atoms with E-state index >= 15 is 0 Å². The molecule has 0 atom stereocenters. The molecule has 0 aliphatic rings. The molecule has 8 nitrogen and oxygen atoms in total. The van der Waals surface area contributed by atoms with E-state index in [4.69, 9.17) is 0 Å². The molecular weight excluding hydrogens is 296 g/mol. The Kier molecular flexibility index (Phi) is 4.43. The summed E-state index contributed by atoms with van der Waals surface area (Å²) in [4.78, 5) is 11.0. The Morgan fingerprint density at radius 1 is 1.48 bits per heavy atom. The third-order valence-electron chi connectivity index (χ3n) is 2.96. The molecule has 21 heavy (non-hydrogen) atoms. The van der Waals surface area contributed by atoms with Gasteiger partial charge in [0, 0.05) is 19.0 Å². The minimum atomic E-state index is -3.72. The van der Waals surface area contributed by atoms with Crippen LogP contribution >= 0.6 is 0 Å². The second kappa shape index (κ2) is 6.10. The van der Waals surface area contributed by atoms with Crippen molar-refractivity contribution in [1.82, 2.24) is 14.5 Å². The van der Waals surface area contributed by atoms with E-state index in [-0.39, 0.29) is 13.0 Å². The van der Waals surface area contributed by atoms with Crippen molar-refractivity contribution in [3.63, 3.8) is 0 Å². The minimum absolute atomic E-state index is 0.00528. The molecule has 0 aliphatic heterocycles. The van der Waals surface area contributed by atoms with Crippen molar-refractivity contribution in [3.8, 4) is 0 Å². The number of esters is 1. The van der Waals surface area contributed by atoms with Gasteiger partial charge in [0.2, 0.25) is 0 Å². The highest BCUT2D eigenvalue weighted by atomic mass is 32.2. The number of nitrogens with zero attached hydrogens (tertiary/aromatic N) is 2. The molecule has 0 fully saturated rings. The van der Waals surface area contributed by atoms with Crippen molar-refractivity contribution in [2.45, 2.75) is 6.42 Å². The van der Waals surface area contributed by atoms with Crippen LogP contribution in [0.5, 0.6) is 0 Å². The largest absolute Gasteiger partial charge is 0.469 e. The normalized spacial score (nSPS) is 11.8. The number of hydrogen-bond donors (Lipinski definition) is 2. The lowest BCUT2D eigenvalue weighted by molar-refractivity contribution is -0.140. The zero-order chi connectivity index (χ0) is 15.5. The van der Waals surface area contributed by atoms with E-state index in [1.807, 2.05) is 0 Å². The molecular formula is C12H16N4O4S. The zero-order valence-electron chi connectivity index (χ0n) is 11.7. The number of hydrogen-bond acceptors (Lipinski definition) is 5. The van der Waals surface area contributed by atoms with Gasteiger partial charge in [0.1, 0.15) is 0 Å². The van der Waals surface area contributed by atoms with E-state index < -0.39 is 16.2 Å². The predicted molar refractivity (Wildman–Crippen MR) is 77.9 cm³/mol. The Labute approximate surface area is 122 Å². The molecule has 1 heterocycles. The smallest absolute Gasteiger partial charge is 0.306 e. The molecule has 0 saturated carbocycles. The first-order valence-corrected chi connectivity index (χ1v) is 7.60. The summed E-state index contributed by atoms with van der Waals surface area (Å²) in [6.07, 6.45) is 1.60. The van der Waals surface area contributed by atoms with Gasteiger partial charge in [-0.3, -0.25) is 14.6 Å². The fourth-order valence-corrected chi connectivity index (χ4v) is 2.62. The molecule has 1 aromatic carbocycles. The third kappa shape index (κ3) is 3.70. The molecule has 114 valence electrons. The van der Waals surface area contributed by atoms with Gasteiger partial charge in [-0.05, 0) is 18.2 Å². The van der Waals surface area contributed by atoms with E-state index in [0.717, 1.165) is 15.2 Å². The first-order valence-electron chi connectivity index (χ1n) is 6.16. The van der Waals surface area contributed by atoms with Crippen molar-refractivity contribution in [2.75, 3.05) is 25.4 Å². The molecule has 2 N–H and O–H groups in total.